The fraction of sp³-hybridized carbons (Fsp3) is 0.176. The molecule has 0 aliphatic carbocycles. The van der Waals surface area contributed by atoms with Gasteiger partial charge in [0.25, 0.3) is 5.89 Å². The van der Waals surface area contributed by atoms with Gasteiger partial charge in [0.2, 0.25) is 10.0 Å². The molecule has 0 saturated heterocycles. The third-order valence-corrected chi connectivity index (χ3v) is 4.82. The molecule has 0 saturated carbocycles. The highest BCUT2D eigenvalue weighted by Crippen LogP contribution is 2.26. The Balaban J connectivity index is 1.84. The van der Waals surface area contributed by atoms with Crippen LogP contribution in [-0.4, -0.2) is 18.6 Å². The zero-order valence-electron chi connectivity index (χ0n) is 13.1. The minimum absolute atomic E-state index is 0.0593. The molecule has 0 atom stereocenters. The molecule has 0 bridgehead atoms. The summed E-state index contributed by atoms with van der Waals surface area (Å²) in [5, 5.41) is 9.20. The molecule has 3 rings (SSSR count). The lowest BCUT2D eigenvalue weighted by molar-refractivity contribution is 0.422. The van der Waals surface area contributed by atoms with Crippen molar-refractivity contribution < 1.29 is 12.9 Å². The van der Waals surface area contributed by atoms with Crippen molar-refractivity contribution in [3.05, 3.63) is 65.5 Å². The molecular weight excluding hydrogens is 326 g/mol. The normalized spacial score (nSPS) is 11.6. The van der Waals surface area contributed by atoms with Crippen molar-refractivity contribution in [1.82, 2.24) is 10.1 Å². The Morgan fingerprint density at radius 2 is 1.79 bits per heavy atom. The number of primary sulfonamides is 1. The van der Waals surface area contributed by atoms with E-state index >= 15 is 0 Å². The highest BCUT2D eigenvalue weighted by atomic mass is 32.2. The van der Waals surface area contributed by atoms with E-state index in [0.717, 1.165) is 6.42 Å². The lowest BCUT2D eigenvalue weighted by atomic mass is 10.1. The number of nitrogens with two attached hydrogens (primary N) is 1. The van der Waals surface area contributed by atoms with Gasteiger partial charge in [-0.1, -0.05) is 41.6 Å². The first-order chi connectivity index (χ1) is 11.4. The smallest absolute Gasteiger partial charge is 0.258 e. The van der Waals surface area contributed by atoms with Crippen LogP contribution >= 0.6 is 0 Å². The van der Waals surface area contributed by atoms with Crippen molar-refractivity contribution in [3.8, 4) is 11.5 Å². The van der Waals surface area contributed by atoms with Crippen LogP contribution in [0.15, 0.2) is 57.9 Å². The van der Waals surface area contributed by atoms with Crippen molar-refractivity contribution >= 4 is 10.0 Å². The number of aromatic nitrogens is 2. The standard InChI is InChI=1S/C17H17N3O3S/c1-12-14(8-5-9-15(12)24(18,21)22)17-19-16(20-23-17)11-10-13-6-3-2-4-7-13/h2-9H,10-11H2,1H3,(H2,18,21,22). The number of nitrogens with zero attached hydrogens (tertiary/aromatic N) is 2. The summed E-state index contributed by atoms with van der Waals surface area (Å²) in [6.07, 6.45) is 1.44. The molecule has 2 N–H and O–H groups in total. The van der Waals surface area contributed by atoms with Crippen LogP contribution in [0.3, 0.4) is 0 Å². The van der Waals surface area contributed by atoms with Crippen molar-refractivity contribution in [2.45, 2.75) is 24.7 Å². The van der Waals surface area contributed by atoms with Crippen molar-refractivity contribution in [3.63, 3.8) is 0 Å². The first-order valence-electron chi connectivity index (χ1n) is 7.44. The molecule has 0 aliphatic rings. The fourth-order valence-electron chi connectivity index (χ4n) is 2.52. The van der Waals surface area contributed by atoms with Crippen molar-refractivity contribution in [2.75, 3.05) is 0 Å². The van der Waals surface area contributed by atoms with E-state index in [1.807, 2.05) is 30.3 Å². The second-order valence-electron chi connectivity index (χ2n) is 5.48. The van der Waals surface area contributed by atoms with Crippen LogP contribution in [0.5, 0.6) is 0 Å². The number of hydrogen-bond donors (Lipinski definition) is 1. The molecule has 3 aromatic rings. The van der Waals surface area contributed by atoms with Gasteiger partial charge >= 0.3 is 0 Å². The number of hydrogen-bond acceptors (Lipinski definition) is 5. The van der Waals surface area contributed by atoms with E-state index in [0.29, 0.717) is 29.3 Å². The quantitative estimate of drug-likeness (QED) is 0.767. The summed E-state index contributed by atoms with van der Waals surface area (Å²) in [5.41, 5.74) is 2.26. The van der Waals surface area contributed by atoms with Gasteiger partial charge in [-0.15, -0.1) is 0 Å². The van der Waals surface area contributed by atoms with Crippen LogP contribution in [-0.2, 0) is 22.9 Å². The maximum absolute atomic E-state index is 11.6. The van der Waals surface area contributed by atoms with Crippen LogP contribution in [0, 0.1) is 6.92 Å². The van der Waals surface area contributed by atoms with Gasteiger partial charge in [-0.3, -0.25) is 0 Å². The first kappa shape index (κ1) is 16.4. The molecule has 0 fully saturated rings. The van der Waals surface area contributed by atoms with E-state index in [4.69, 9.17) is 9.66 Å². The highest BCUT2D eigenvalue weighted by Gasteiger charge is 2.18. The van der Waals surface area contributed by atoms with Gasteiger partial charge in [-0.25, -0.2) is 13.6 Å². The Morgan fingerprint density at radius 3 is 2.50 bits per heavy atom. The minimum atomic E-state index is -3.79. The average Bonchev–Trinajstić information content (AvgIpc) is 3.02. The molecule has 0 unspecified atom stereocenters. The van der Waals surface area contributed by atoms with Crippen LogP contribution in [0.1, 0.15) is 17.0 Å². The van der Waals surface area contributed by atoms with E-state index in [1.165, 1.54) is 11.6 Å². The highest BCUT2D eigenvalue weighted by molar-refractivity contribution is 7.89. The Hall–Kier alpha value is -2.51. The molecule has 0 amide bonds. The summed E-state index contributed by atoms with van der Waals surface area (Å²) in [5.74, 6) is 0.871. The zero-order valence-corrected chi connectivity index (χ0v) is 14.0. The zero-order chi connectivity index (χ0) is 17.2. The third kappa shape index (κ3) is 3.52. The predicted molar refractivity (Wildman–Crippen MR) is 89.7 cm³/mol. The second kappa shape index (κ2) is 6.54. The summed E-state index contributed by atoms with van der Waals surface area (Å²) < 4.78 is 28.5. The van der Waals surface area contributed by atoms with Gasteiger partial charge in [0.1, 0.15) is 0 Å². The Morgan fingerprint density at radius 1 is 1.04 bits per heavy atom. The van der Waals surface area contributed by atoms with Crippen LogP contribution in [0.25, 0.3) is 11.5 Å². The maximum Gasteiger partial charge on any atom is 0.258 e. The van der Waals surface area contributed by atoms with Crippen LogP contribution in [0.2, 0.25) is 0 Å². The van der Waals surface area contributed by atoms with Gasteiger partial charge in [0.05, 0.1) is 4.90 Å². The summed E-state index contributed by atoms with van der Waals surface area (Å²) in [6, 6.07) is 14.8. The Labute approximate surface area is 140 Å². The second-order valence-corrected chi connectivity index (χ2v) is 7.00. The lowest BCUT2D eigenvalue weighted by Crippen LogP contribution is -2.13. The van der Waals surface area contributed by atoms with Gasteiger partial charge in [-0.05, 0) is 36.6 Å². The molecule has 124 valence electrons. The third-order valence-electron chi connectivity index (χ3n) is 3.77. The van der Waals surface area contributed by atoms with E-state index in [-0.39, 0.29) is 4.90 Å². The Bertz CT molecular complexity index is 950. The molecule has 2 aromatic carbocycles. The van der Waals surface area contributed by atoms with E-state index in [1.54, 1.807) is 19.1 Å². The lowest BCUT2D eigenvalue weighted by Gasteiger charge is -2.06. The van der Waals surface area contributed by atoms with Gasteiger partial charge < -0.3 is 4.52 Å². The molecule has 24 heavy (non-hydrogen) atoms. The number of rotatable bonds is 5. The molecule has 0 radical (unpaired) electrons. The molecule has 6 nitrogen and oxygen atoms in total. The number of benzene rings is 2. The fourth-order valence-corrected chi connectivity index (χ4v) is 3.33. The van der Waals surface area contributed by atoms with E-state index in [2.05, 4.69) is 10.1 Å². The monoisotopic (exact) mass is 343 g/mol. The van der Waals surface area contributed by atoms with E-state index < -0.39 is 10.0 Å². The van der Waals surface area contributed by atoms with Crippen LogP contribution in [0.4, 0.5) is 0 Å². The van der Waals surface area contributed by atoms with Gasteiger partial charge in [0.15, 0.2) is 5.82 Å². The average molecular weight is 343 g/mol. The maximum atomic E-state index is 11.6. The molecule has 0 aliphatic heterocycles. The van der Waals surface area contributed by atoms with E-state index in [9.17, 15) is 8.42 Å². The first-order valence-corrected chi connectivity index (χ1v) is 8.99. The molecule has 1 heterocycles. The molecule has 0 spiro atoms. The largest absolute Gasteiger partial charge is 0.334 e. The van der Waals surface area contributed by atoms with Gasteiger partial charge in [0, 0.05) is 12.0 Å². The predicted octanol–water partition coefficient (Wildman–Crippen LogP) is 2.48. The van der Waals surface area contributed by atoms with Gasteiger partial charge in [-0.2, -0.15) is 4.98 Å². The summed E-state index contributed by atoms with van der Waals surface area (Å²) in [7, 11) is -3.79. The molecule has 7 heteroatoms. The SMILES string of the molecule is Cc1c(-c2nc(CCc3ccccc3)no2)cccc1S(N)(=O)=O. The molecule has 1 aromatic heterocycles. The Kier molecular flexibility index (Phi) is 4.46. The topological polar surface area (TPSA) is 99.1 Å². The number of sulfonamides is 1. The minimum Gasteiger partial charge on any atom is -0.334 e. The summed E-state index contributed by atoms with van der Waals surface area (Å²) in [4.78, 5) is 4.43. The summed E-state index contributed by atoms with van der Waals surface area (Å²) >= 11 is 0. The van der Waals surface area contributed by atoms with Crippen LogP contribution < -0.4 is 5.14 Å². The number of aryl methyl sites for hydroxylation is 2. The molecular formula is C17H17N3O3S. The van der Waals surface area contributed by atoms with Crippen molar-refractivity contribution in [1.29, 1.82) is 0 Å². The van der Waals surface area contributed by atoms with Crippen molar-refractivity contribution in [2.24, 2.45) is 5.14 Å². The summed E-state index contributed by atoms with van der Waals surface area (Å²) in [6.45, 7) is 1.67.